The molecule has 148 valence electrons. The van der Waals surface area contributed by atoms with Gasteiger partial charge in [0.25, 0.3) is 0 Å². The summed E-state index contributed by atoms with van der Waals surface area (Å²) in [5.74, 6) is -0.180. The standard InChI is InChI=1S/C19H19Cl3N4OS/c1-28-19-24-14(6-11-2-3-12(20)7-15(11)22)9-26(19)10-18(27)25-17-8-13(21)4-5-16(17)23/h2-5,7-8,14H,6,9-10,23H2,1H3,(H,25,27). The van der Waals surface area contributed by atoms with Crippen molar-refractivity contribution in [3.05, 3.63) is 57.0 Å². The van der Waals surface area contributed by atoms with E-state index in [1.165, 1.54) is 11.8 Å². The minimum Gasteiger partial charge on any atom is -0.397 e. The van der Waals surface area contributed by atoms with Crippen LogP contribution < -0.4 is 11.1 Å². The average Bonchev–Trinajstić information content (AvgIpc) is 3.02. The summed E-state index contributed by atoms with van der Waals surface area (Å²) in [5, 5.41) is 5.38. The Labute approximate surface area is 183 Å². The van der Waals surface area contributed by atoms with Gasteiger partial charge in [0.15, 0.2) is 5.17 Å². The molecular formula is C19H19Cl3N4OS. The molecule has 0 saturated heterocycles. The van der Waals surface area contributed by atoms with E-state index in [2.05, 4.69) is 5.32 Å². The summed E-state index contributed by atoms with van der Waals surface area (Å²) < 4.78 is 0. The molecule has 3 rings (SSSR count). The van der Waals surface area contributed by atoms with Gasteiger partial charge in [-0.15, -0.1) is 0 Å². The number of thioether (sulfide) groups is 1. The molecule has 5 nitrogen and oxygen atoms in total. The number of rotatable bonds is 5. The van der Waals surface area contributed by atoms with Crippen LogP contribution in [0.15, 0.2) is 41.4 Å². The fourth-order valence-corrected chi connectivity index (χ4v) is 4.29. The number of hydrogen-bond donors (Lipinski definition) is 2. The second-order valence-corrected chi connectivity index (χ2v) is 8.42. The molecule has 0 bridgehead atoms. The third kappa shape index (κ3) is 5.26. The number of nitrogens with zero attached hydrogens (tertiary/aromatic N) is 2. The molecule has 1 heterocycles. The van der Waals surface area contributed by atoms with E-state index < -0.39 is 0 Å². The molecule has 3 N–H and O–H groups in total. The summed E-state index contributed by atoms with van der Waals surface area (Å²) in [7, 11) is 0. The van der Waals surface area contributed by atoms with Gasteiger partial charge in [0.05, 0.1) is 24.0 Å². The lowest BCUT2D eigenvalue weighted by Crippen LogP contribution is -2.36. The number of carbonyl (C=O) groups excluding carboxylic acids is 1. The largest absolute Gasteiger partial charge is 0.397 e. The van der Waals surface area contributed by atoms with Crippen LogP contribution in [0.25, 0.3) is 0 Å². The number of halogens is 3. The van der Waals surface area contributed by atoms with Crippen molar-refractivity contribution in [2.75, 3.05) is 30.4 Å². The maximum Gasteiger partial charge on any atom is 0.244 e. The fraction of sp³-hybridized carbons (Fsp3) is 0.263. The Morgan fingerprint density at radius 2 is 1.96 bits per heavy atom. The highest BCUT2D eigenvalue weighted by molar-refractivity contribution is 8.13. The smallest absolute Gasteiger partial charge is 0.244 e. The Kier molecular flexibility index (Phi) is 6.99. The molecule has 0 fully saturated rings. The summed E-state index contributed by atoms with van der Waals surface area (Å²) in [5.41, 5.74) is 7.85. The van der Waals surface area contributed by atoms with E-state index in [1.807, 2.05) is 23.3 Å². The molecule has 0 saturated carbocycles. The lowest BCUT2D eigenvalue weighted by Gasteiger charge is -2.20. The van der Waals surface area contributed by atoms with Gasteiger partial charge >= 0.3 is 0 Å². The number of nitrogens with two attached hydrogens (primary N) is 1. The van der Waals surface area contributed by atoms with Gasteiger partial charge in [-0.05, 0) is 48.6 Å². The molecule has 1 aliphatic heterocycles. The van der Waals surface area contributed by atoms with Gasteiger partial charge in [0.2, 0.25) is 5.91 Å². The second-order valence-electron chi connectivity index (χ2n) is 6.37. The first-order valence-electron chi connectivity index (χ1n) is 8.51. The van der Waals surface area contributed by atoms with Crippen LogP contribution in [0.2, 0.25) is 15.1 Å². The summed E-state index contributed by atoms with van der Waals surface area (Å²) in [6.45, 7) is 0.810. The van der Waals surface area contributed by atoms with Crippen molar-refractivity contribution < 1.29 is 4.79 Å². The average molecular weight is 458 g/mol. The monoisotopic (exact) mass is 456 g/mol. The van der Waals surface area contributed by atoms with Crippen molar-refractivity contribution >= 4 is 69.0 Å². The first-order valence-corrected chi connectivity index (χ1v) is 10.9. The molecule has 0 aliphatic carbocycles. The zero-order valence-electron chi connectivity index (χ0n) is 15.1. The Balaban J connectivity index is 1.63. The Bertz CT molecular complexity index is 922. The summed E-state index contributed by atoms with van der Waals surface area (Å²) in [4.78, 5) is 19.2. The first-order chi connectivity index (χ1) is 13.4. The fourth-order valence-electron chi connectivity index (χ4n) is 2.98. The Morgan fingerprint density at radius 1 is 1.25 bits per heavy atom. The Morgan fingerprint density at radius 3 is 2.68 bits per heavy atom. The van der Waals surface area contributed by atoms with E-state index >= 15 is 0 Å². The maximum absolute atomic E-state index is 12.5. The molecule has 1 aliphatic rings. The van der Waals surface area contributed by atoms with Crippen molar-refractivity contribution in [1.82, 2.24) is 4.90 Å². The van der Waals surface area contributed by atoms with E-state index in [9.17, 15) is 4.79 Å². The summed E-state index contributed by atoms with van der Waals surface area (Å²) in [6, 6.07) is 10.5. The van der Waals surface area contributed by atoms with Crippen molar-refractivity contribution in [3.8, 4) is 0 Å². The summed E-state index contributed by atoms with van der Waals surface area (Å²) in [6.07, 6.45) is 2.62. The van der Waals surface area contributed by atoms with Crippen LogP contribution in [-0.2, 0) is 11.2 Å². The maximum atomic E-state index is 12.5. The molecule has 28 heavy (non-hydrogen) atoms. The molecule has 1 atom stereocenters. The molecule has 2 aromatic rings. The predicted octanol–water partition coefficient (Wildman–Crippen LogP) is 4.81. The van der Waals surface area contributed by atoms with E-state index in [4.69, 9.17) is 45.5 Å². The molecule has 0 aromatic heterocycles. The van der Waals surface area contributed by atoms with Crippen LogP contribution in [-0.4, -0.2) is 41.4 Å². The van der Waals surface area contributed by atoms with E-state index in [0.717, 1.165) is 10.7 Å². The molecule has 0 spiro atoms. The van der Waals surface area contributed by atoms with Crippen molar-refractivity contribution in [1.29, 1.82) is 0 Å². The SMILES string of the molecule is CSC1=NC(Cc2ccc(Cl)cc2Cl)CN1CC(=O)Nc1cc(Cl)ccc1N. The number of nitrogens with one attached hydrogen (secondary N) is 1. The lowest BCUT2D eigenvalue weighted by molar-refractivity contribution is -0.116. The number of anilines is 2. The van der Waals surface area contributed by atoms with Crippen LogP contribution >= 0.6 is 46.6 Å². The molecule has 2 aromatic carbocycles. The third-order valence-electron chi connectivity index (χ3n) is 4.27. The Hall–Kier alpha value is -1.60. The lowest BCUT2D eigenvalue weighted by atomic mass is 10.1. The normalized spacial score (nSPS) is 16.2. The number of aliphatic imine (C=N–C) groups is 1. The highest BCUT2D eigenvalue weighted by atomic mass is 35.5. The zero-order valence-corrected chi connectivity index (χ0v) is 18.2. The zero-order chi connectivity index (χ0) is 20.3. The van der Waals surface area contributed by atoms with Gasteiger partial charge in [-0.3, -0.25) is 9.79 Å². The summed E-state index contributed by atoms with van der Waals surface area (Å²) >= 11 is 19.7. The number of hydrogen-bond acceptors (Lipinski definition) is 5. The molecule has 1 amide bonds. The van der Waals surface area contributed by atoms with E-state index in [1.54, 1.807) is 24.3 Å². The van der Waals surface area contributed by atoms with E-state index in [0.29, 0.717) is 39.4 Å². The highest BCUT2D eigenvalue weighted by Gasteiger charge is 2.27. The van der Waals surface area contributed by atoms with Gasteiger partial charge in [-0.2, -0.15) is 0 Å². The van der Waals surface area contributed by atoms with Crippen molar-refractivity contribution in [2.45, 2.75) is 12.5 Å². The van der Waals surface area contributed by atoms with E-state index in [-0.39, 0.29) is 18.5 Å². The number of carbonyl (C=O) groups is 1. The van der Waals surface area contributed by atoms with Gasteiger partial charge < -0.3 is 16.0 Å². The molecule has 9 heteroatoms. The van der Waals surface area contributed by atoms with Gasteiger partial charge in [0.1, 0.15) is 0 Å². The third-order valence-corrected chi connectivity index (χ3v) is 5.82. The van der Waals surface area contributed by atoms with Crippen LogP contribution in [0.5, 0.6) is 0 Å². The topological polar surface area (TPSA) is 70.7 Å². The van der Waals surface area contributed by atoms with Crippen LogP contribution in [0.4, 0.5) is 11.4 Å². The minimum atomic E-state index is -0.180. The van der Waals surface area contributed by atoms with Gasteiger partial charge in [-0.25, -0.2) is 0 Å². The minimum absolute atomic E-state index is 0.0187. The second kappa shape index (κ2) is 9.27. The molecule has 1 unspecified atom stereocenters. The molecular weight excluding hydrogens is 439 g/mol. The van der Waals surface area contributed by atoms with Crippen LogP contribution in [0, 0.1) is 0 Å². The van der Waals surface area contributed by atoms with Crippen molar-refractivity contribution in [3.63, 3.8) is 0 Å². The quantitative estimate of drug-likeness (QED) is 0.632. The van der Waals surface area contributed by atoms with Crippen molar-refractivity contribution in [2.24, 2.45) is 4.99 Å². The predicted molar refractivity (Wildman–Crippen MR) is 121 cm³/mol. The number of nitrogen functional groups attached to an aromatic ring is 1. The number of amides is 1. The number of benzene rings is 2. The van der Waals surface area contributed by atoms with Gasteiger partial charge in [-0.1, -0.05) is 52.6 Å². The van der Waals surface area contributed by atoms with Gasteiger partial charge in [0, 0.05) is 21.6 Å². The number of amidine groups is 1. The molecule has 0 radical (unpaired) electrons. The highest BCUT2D eigenvalue weighted by Crippen LogP contribution is 2.26. The van der Waals surface area contributed by atoms with Crippen LogP contribution in [0.1, 0.15) is 5.56 Å². The van der Waals surface area contributed by atoms with Crippen LogP contribution in [0.3, 0.4) is 0 Å². The first kappa shape index (κ1) is 21.1.